The molecule has 1 N–H and O–H groups in total. The third kappa shape index (κ3) is 3.69. The van der Waals surface area contributed by atoms with Gasteiger partial charge in [0.15, 0.2) is 5.82 Å². The zero-order valence-corrected chi connectivity index (χ0v) is 16.8. The van der Waals surface area contributed by atoms with Gasteiger partial charge < -0.3 is 4.52 Å². The van der Waals surface area contributed by atoms with E-state index in [0.717, 1.165) is 16.3 Å². The van der Waals surface area contributed by atoms with Gasteiger partial charge in [0.25, 0.3) is 15.9 Å². The van der Waals surface area contributed by atoms with Crippen LogP contribution in [-0.2, 0) is 10.0 Å². The van der Waals surface area contributed by atoms with Gasteiger partial charge in [-0.1, -0.05) is 46.6 Å². The van der Waals surface area contributed by atoms with Crippen molar-refractivity contribution in [2.24, 2.45) is 0 Å². The van der Waals surface area contributed by atoms with Crippen LogP contribution in [0.4, 0.5) is 5.69 Å². The van der Waals surface area contributed by atoms with Gasteiger partial charge in [-0.15, -0.1) is 0 Å². The maximum Gasteiger partial charge on any atom is 0.261 e. The number of benzene rings is 3. The molecule has 0 amide bonds. The van der Waals surface area contributed by atoms with Gasteiger partial charge in [-0.3, -0.25) is 4.72 Å². The first-order valence-corrected chi connectivity index (χ1v) is 10.4. The molecule has 1 aromatic heterocycles. The van der Waals surface area contributed by atoms with E-state index >= 15 is 0 Å². The SMILES string of the molecule is Cc1noc(-c2cccc3cc(NS(=O)(=O)c4cc(Cl)cc(Cl)c4)ccc23)n1. The van der Waals surface area contributed by atoms with E-state index in [4.69, 9.17) is 27.7 Å². The number of fused-ring (bicyclic) bond motifs is 1. The van der Waals surface area contributed by atoms with Crippen molar-refractivity contribution in [1.82, 2.24) is 10.1 Å². The Kier molecular flexibility index (Phi) is 4.74. The van der Waals surface area contributed by atoms with E-state index < -0.39 is 10.0 Å². The summed E-state index contributed by atoms with van der Waals surface area (Å²) in [6.07, 6.45) is 0. The van der Waals surface area contributed by atoms with Crippen molar-refractivity contribution in [2.75, 3.05) is 4.72 Å². The van der Waals surface area contributed by atoms with Gasteiger partial charge >= 0.3 is 0 Å². The lowest BCUT2D eigenvalue weighted by Crippen LogP contribution is -2.13. The Labute approximate surface area is 171 Å². The Morgan fingerprint density at radius 2 is 1.75 bits per heavy atom. The molecule has 0 aliphatic heterocycles. The summed E-state index contributed by atoms with van der Waals surface area (Å²) in [5.74, 6) is 0.946. The summed E-state index contributed by atoms with van der Waals surface area (Å²) in [7, 11) is -3.85. The lowest BCUT2D eigenvalue weighted by Gasteiger charge is -2.10. The Morgan fingerprint density at radius 1 is 1.00 bits per heavy atom. The minimum Gasteiger partial charge on any atom is -0.334 e. The summed E-state index contributed by atoms with van der Waals surface area (Å²) in [4.78, 5) is 4.24. The van der Waals surface area contributed by atoms with Gasteiger partial charge in [-0.2, -0.15) is 4.98 Å². The summed E-state index contributed by atoms with van der Waals surface area (Å²) in [6, 6.07) is 14.9. The van der Waals surface area contributed by atoms with Crippen LogP contribution in [0.3, 0.4) is 0 Å². The second kappa shape index (κ2) is 7.09. The second-order valence-electron chi connectivity index (χ2n) is 6.10. The summed E-state index contributed by atoms with van der Waals surface area (Å²) in [5, 5.41) is 5.98. The predicted molar refractivity (Wildman–Crippen MR) is 109 cm³/mol. The topological polar surface area (TPSA) is 85.1 Å². The molecule has 0 aliphatic rings. The zero-order chi connectivity index (χ0) is 19.9. The third-order valence-electron chi connectivity index (χ3n) is 4.04. The molecule has 0 saturated heterocycles. The number of anilines is 1. The number of aryl methyl sites for hydroxylation is 1. The number of halogens is 2. The Hall–Kier alpha value is -2.61. The molecule has 1 heterocycles. The van der Waals surface area contributed by atoms with Gasteiger partial charge in [0.05, 0.1) is 4.90 Å². The molecule has 0 radical (unpaired) electrons. The fourth-order valence-corrected chi connectivity index (χ4v) is 4.61. The van der Waals surface area contributed by atoms with Crippen molar-refractivity contribution < 1.29 is 12.9 Å². The molecule has 4 rings (SSSR count). The maximum atomic E-state index is 12.7. The standard InChI is InChI=1S/C19H13Cl2N3O3S/c1-11-22-19(27-23-11)18-4-2-3-12-7-15(5-6-17(12)18)24-28(25,26)16-9-13(20)8-14(21)10-16/h2-10,24H,1H3. The van der Waals surface area contributed by atoms with Gasteiger partial charge in [0, 0.05) is 21.3 Å². The van der Waals surface area contributed by atoms with E-state index in [1.54, 1.807) is 25.1 Å². The second-order valence-corrected chi connectivity index (χ2v) is 8.65. The molecule has 0 fully saturated rings. The van der Waals surface area contributed by atoms with Gasteiger partial charge in [-0.05, 0) is 54.1 Å². The van der Waals surface area contributed by atoms with E-state index in [9.17, 15) is 8.42 Å². The third-order valence-corrected chi connectivity index (χ3v) is 5.83. The number of sulfonamides is 1. The highest BCUT2D eigenvalue weighted by Gasteiger charge is 2.17. The van der Waals surface area contributed by atoms with Crippen LogP contribution in [0, 0.1) is 6.92 Å². The number of nitrogens with zero attached hydrogens (tertiary/aromatic N) is 2. The van der Waals surface area contributed by atoms with Crippen LogP contribution in [-0.4, -0.2) is 18.6 Å². The molecule has 4 aromatic rings. The number of rotatable bonds is 4. The molecule has 0 aliphatic carbocycles. The smallest absolute Gasteiger partial charge is 0.261 e. The maximum absolute atomic E-state index is 12.7. The van der Waals surface area contributed by atoms with Gasteiger partial charge in [0.2, 0.25) is 0 Å². The van der Waals surface area contributed by atoms with Crippen LogP contribution in [0.15, 0.2) is 64.0 Å². The summed E-state index contributed by atoms with van der Waals surface area (Å²) in [5.41, 5.74) is 1.18. The average molecular weight is 434 g/mol. The Bertz CT molecular complexity index is 1280. The van der Waals surface area contributed by atoms with E-state index in [0.29, 0.717) is 17.4 Å². The highest BCUT2D eigenvalue weighted by atomic mass is 35.5. The van der Waals surface area contributed by atoms with Crippen molar-refractivity contribution >= 4 is 49.7 Å². The molecule has 28 heavy (non-hydrogen) atoms. The first-order valence-electron chi connectivity index (χ1n) is 8.14. The predicted octanol–water partition coefficient (Wildman–Crippen LogP) is 5.31. The molecule has 3 aromatic carbocycles. The Morgan fingerprint density at radius 3 is 2.43 bits per heavy atom. The number of nitrogens with one attached hydrogen (secondary N) is 1. The molecule has 0 spiro atoms. The molecular weight excluding hydrogens is 421 g/mol. The molecule has 0 saturated carbocycles. The van der Waals surface area contributed by atoms with Crippen molar-refractivity contribution in [1.29, 1.82) is 0 Å². The molecule has 0 atom stereocenters. The van der Waals surface area contributed by atoms with Crippen LogP contribution >= 0.6 is 23.2 Å². The summed E-state index contributed by atoms with van der Waals surface area (Å²) < 4.78 is 33.1. The summed E-state index contributed by atoms with van der Waals surface area (Å²) in [6.45, 7) is 1.74. The van der Waals surface area contributed by atoms with Gasteiger partial charge in [-0.25, -0.2) is 8.42 Å². The molecule has 6 nitrogen and oxygen atoms in total. The normalized spacial score (nSPS) is 11.7. The van der Waals surface area contributed by atoms with E-state index in [1.807, 2.05) is 18.2 Å². The van der Waals surface area contributed by atoms with Crippen molar-refractivity contribution in [3.05, 3.63) is 70.5 Å². The zero-order valence-electron chi connectivity index (χ0n) is 14.5. The average Bonchev–Trinajstić information content (AvgIpc) is 3.06. The summed E-state index contributed by atoms with van der Waals surface area (Å²) >= 11 is 11.8. The van der Waals surface area contributed by atoms with Crippen LogP contribution in [0.5, 0.6) is 0 Å². The van der Waals surface area contributed by atoms with Crippen LogP contribution in [0.25, 0.3) is 22.2 Å². The molecule has 9 heteroatoms. The minimum atomic E-state index is -3.85. The quantitative estimate of drug-likeness (QED) is 0.471. The van der Waals surface area contributed by atoms with Crippen LogP contribution in [0.1, 0.15) is 5.82 Å². The molecular formula is C19H13Cl2N3O3S. The highest BCUT2D eigenvalue weighted by molar-refractivity contribution is 7.92. The molecule has 0 bridgehead atoms. The van der Waals surface area contributed by atoms with E-state index in [1.165, 1.54) is 18.2 Å². The molecule has 142 valence electrons. The fourth-order valence-electron chi connectivity index (χ4n) is 2.84. The van der Waals surface area contributed by atoms with Crippen molar-refractivity contribution in [2.45, 2.75) is 11.8 Å². The van der Waals surface area contributed by atoms with Crippen LogP contribution < -0.4 is 4.72 Å². The lowest BCUT2D eigenvalue weighted by atomic mass is 10.0. The highest BCUT2D eigenvalue weighted by Crippen LogP contribution is 2.30. The molecule has 0 unspecified atom stereocenters. The van der Waals surface area contributed by atoms with E-state index in [-0.39, 0.29) is 14.9 Å². The van der Waals surface area contributed by atoms with Crippen LogP contribution in [0.2, 0.25) is 10.0 Å². The number of hydrogen-bond acceptors (Lipinski definition) is 5. The Balaban J connectivity index is 1.72. The first kappa shape index (κ1) is 18.7. The number of aromatic nitrogens is 2. The minimum absolute atomic E-state index is 0.0137. The van der Waals surface area contributed by atoms with Crippen molar-refractivity contribution in [3.8, 4) is 11.5 Å². The van der Waals surface area contributed by atoms with E-state index in [2.05, 4.69) is 14.9 Å². The monoisotopic (exact) mass is 433 g/mol. The first-order chi connectivity index (χ1) is 13.3. The van der Waals surface area contributed by atoms with Gasteiger partial charge in [0.1, 0.15) is 0 Å². The van der Waals surface area contributed by atoms with Crippen molar-refractivity contribution in [3.63, 3.8) is 0 Å². The fraction of sp³-hybridized carbons (Fsp3) is 0.0526. The lowest BCUT2D eigenvalue weighted by molar-refractivity contribution is 0.426. The number of hydrogen-bond donors (Lipinski definition) is 1. The largest absolute Gasteiger partial charge is 0.334 e.